The third kappa shape index (κ3) is 3.28. The number of hydrogen-bond donors (Lipinski definition) is 2. The van der Waals surface area contributed by atoms with Crippen LogP contribution in [-0.2, 0) is 21.0 Å². The maximum atomic E-state index is 13.0. The molecule has 128 valence electrons. The minimum Gasteiger partial charge on any atom is -0.380 e. The summed E-state index contributed by atoms with van der Waals surface area (Å²) in [5.41, 5.74) is 1.47. The fourth-order valence-corrected chi connectivity index (χ4v) is 3.76. The molecule has 2 N–H and O–H groups in total. The van der Waals surface area contributed by atoms with Crippen molar-refractivity contribution in [3.8, 4) is 0 Å². The Balaban J connectivity index is 1.88. The van der Waals surface area contributed by atoms with E-state index in [2.05, 4.69) is 20.7 Å². The molecule has 0 fully saturated rings. The van der Waals surface area contributed by atoms with Crippen molar-refractivity contribution in [1.29, 1.82) is 0 Å². The minimum atomic E-state index is -2.75. The Morgan fingerprint density at radius 2 is 2.33 bits per heavy atom. The van der Waals surface area contributed by atoms with Gasteiger partial charge in [0.05, 0.1) is 49.7 Å². The topological polar surface area (TPSA) is 71.9 Å². The van der Waals surface area contributed by atoms with Crippen LogP contribution in [-0.4, -0.2) is 38.1 Å². The van der Waals surface area contributed by atoms with E-state index in [1.807, 2.05) is 25.1 Å². The van der Waals surface area contributed by atoms with E-state index >= 15 is 0 Å². The standard InChI is InChI=1S/C16H19ClN4O2S/c1-11(23-2)9-21-10-12(7-19-21)24(3,22)20-15-6-4-5-13-14(17)8-18-16(13)15/h4-8,10-11,18H,3,9H2,1-2H3,(H,20,22). The lowest BCUT2D eigenvalue weighted by atomic mass is 10.2. The average Bonchev–Trinajstić information content (AvgIpc) is 3.16. The number of halogens is 1. The normalized spacial score (nSPS) is 15.3. The van der Waals surface area contributed by atoms with Gasteiger partial charge < -0.3 is 14.4 Å². The van der Waals surface area contributed by atoms with Gasteiger partial charge in [-0.05, 0) is 18.9 Å². The van der Waals surface area contributed by atoms with Crippen LogP contribution in [0.5, 0.6) is 0 Å². The van der Waals surface area contributed by atoms with Crippen molar-refractivity contribution in [3.05, 3.63) is 41.8 Å². The van der Waals surface area contributed by atoms with E-state index in [4.69, 9.17) is 16.3 Å². The summed E-state index contributed by atoms with van der Waals surface area (Å²) in [6.45, 7) is 2.52. The Hall–Kier alpha value is -1.96. The molecule has 0 bridgehead atoms. The van der Waals surface area contributed by atoms with E-state index in [0.29, 0.717) is 22.2 Å². The average molecular weight is 367 g/mol. The lowest BCUT2D eigenvalue weighted by molar-refractivity contribution is 0.0998. The van der Waals surface area contributed by atoms with Crippen molar-refractivity contribution in [1.82, 2.24) is 14.8 Å². The molecule has 6 nitrogen and oxygen atoms in total. The number of fused-ring (bicyclic) bond motifs is 1. The zero-order valence-corrected chi connectivity index (χ0v) is 15.0. The van der Waals surface area contributed by atoms with Crippen LogP contribution in [0.4, 0.5) is 5.69 Å². The number of nitrogens with zero attached hydrogens (tertiary/aromatic N) is 2. The smallest absolute Gasteiger partial charge is 0.0874 e. The zero-order valence-electron chi connectivity index (χ0n) is 13.5. The summed E-state index contributed by atoms with van der Waals surface area (Å²) < 4.78 is 22.9. The largest absolute Gasteiger partial charge is 0.380 e. The highest BCUT2D eigenvalue weighted by Gasteiger charge is 2.14. The second-order valence-electron chi connectivity index (χ2n) is 5.59. The second-order valence-corrected chi connectivity index (χ2v) is 8.02. The summed E-state index contributed by atoms with van der Waals surface area (Å²) >= 11 is 6.13. The number of H-pyrrole nitrogens is 1. The molecule has 2 aromatic heterocycles. The quantitative estimate of drug-likeness (QED) is 0.658. The van der Waals surface area contributed by atoms with Gasteiger partial charge in [0, 0.05) is 24.9 Å². The molecule has 0 saturated carbocycles. The zero-order chi connectivity index (χ0) is 17.3. The van der Waals surface area contributed by atoms with Gasteiger partial charge in [0.15, 0.2) is 0 Å². The van der Waals surface area contributed by atoms with Gasteiger partial charge in [-0.1, -0.05) is 23.7 Å². The molecule has 3 rings (SSSR count). The fraction of sp³-hybridized carbons (Fsp3) is 0.250. The van der Waals surface area contributed by atoms with Crippen LogP contribution in [0.25, 0.3) is 10.9 Å². The number of aromatic amines is 1. The maximum Gasteiger partial charge on any atom is 0.0874 e. The molecule has 0 amide bonds. The SMILES string of the molecule is C=S(=O)(Nc1cccc2c(Cl)c[nH]c12)c1cnn(CC(C)OC)c1. The van der Waals surface area contributed by atoms with Crippen molar-refractivity contribution in [2.75, 3.05) is 11.8 Å². The molecule has 0 aliphatic heterocycles. The number of ether oxygens (including phenoxy) is 1. The van der Waals surface area contributed by atoms with Crippen molar-refractivity contribution >= 4 is 43.8 Å². The first-order valence-corrected chi connectivity index (χ1v) is 9.47. The number of hydrogen-bond acceptors (Lipinski definition) is 3. The molecule has 8 heteroatoms. The molecule has 3 aromatic rings. The number of para-hydroxylation sites is 1. The van der Waals surface area contributed by atoms with Gasteiger partial charge in [0.2, 0.25) is 0 Å². The van der Waals surface area contributed by atoms with E-state index in [1.54, 1.807) is 30.4 Å². The second kappa shape index (κ2) is 6.51. The number of rotatable bonds is 6. The van der Waals surface area contributed by atoms with E-state index in [1.165, 1.54) is 0 Å². The molecule has 0 aliphatic rings. The van der Waals surface area contributed by atoms with Crippen molar-refractivity contribution in [2.45, 2.75) is 24.5 Å². The summed E-state index contributed by atoms with van der Waals surface area (Å²) in [6, 6.07) is 5.58. The number of aromatic nitrogens is 3. The summed E-state index contributed by atoms with van der Waals surface area (Å²) in [5.74, 6) is 3.85. The molecule has 0 radical (unpaired) electrons. The van der Waals surface area contributed by atoms with Crippen LogP contribution < -0.4 is 4.72 Å². The molecule has 0 spiro atoms. The Morgan fingerprint density at radius 1 is 1.54 bits per heavy atom. The molecule has 24 heavy (non-hydrogen) atoms. The molecule has 0 aliphatic carbocycles. The van der Waals surface area contributed by atoms with Crippen molar-refractivity contribution < 1.29 is 8.95 Å². The van der Waals surface area contributed by atoms with Crippen LogP contribution in [0, 0.1) is 0 Å². The first-order chi connectivity index (χ1) is 11.4. The van der Waals surface area contributed by atoms with Crippen LogP contribution in [0.1, 0.15) is 6.92 Å². The van der Waals surface area contributed by atoms with Gasteiger partial charge in [-0.2, -0.15) is 5.10 Å². The first kappa shape index (κ1) is 16.9. The molecular formula is C16H19ClN4O2S. The van der Waals surface area contributed by atoms with Crippen LogP contribution in [0.3, 0.4) is 0 Å². The molecule has 2 atom stereocenters. The van der Waals surface area contributed by atoms with Gasteiger partial charge in [0.25, 0.3) is 0 Å². The lowest BCUT2D eigenvalue weighted by Gasteiger charge is -2.12. The Bertz CT molecular complexity index is 962. The fourth-order valence-electron chi connectivity index (χ4n) is 2.39. The number of nitrogens with one attached hydrogen (secondary N) is 2. The van der Waals surface area contributed by atoms with Gasteiger partial charge in [-0.15, -0.1) is 0 Å². The summed E-state index contributed by atoms with van der Waals surface area (Å²) in [5, 5.41) is 5.71. The Labute approximate surface area is 145 Å². The minimum absolute atomic E-state index is 0.0152. The molecule has 2 heterocycles. The van der Waals surface area contributed by atoms with E-state index in [-0.39, 0.29) is 6.10 Å². The predicted molar refractivity (Wildman–Crippen MR) is 99.2 cm³/mol. The van der Waals surface area contributed by atoms with Crippen LogP contribution in [0.15, 0.2) is 41.7 Å². The van der Waals surface area contributed by atoms with Crippen LogP contribution in [0.2, 0.25) is 5.02 Å². The van der Waals surface area contributed by atoms with Gasteiger partial charge >= 0.3 is 0 Å². The third-order valence-electron chi connectivity index (χ3n) is 3.78. The van der Waals surface area contributed by atoms with Gasteiger partial charge in [-0.25, -0.2) is 4.21 Å². The maximum absolute atomic E-state index is 13.0. The third-order valence-corrected chi connectivity index (χ3v) is 5.61. The highest BCUT2D eigenvalue weighted by atomic mass is 35.5. The summed E-state index contributed by atoms with van der Waals surface area (Å²) in [4.78, 5) is 3.61. The Kier molecular flexibility index (Phi) is 4.58. The lowest BCUT2D eigenvalue weighted by Crippen LogP contribution is -2.15. The van der Waals surface area contributed by atoms with Gasteiger partial charge in [-0.3, -0.25) is 4.68 Å². The number of methoxy groups -OCH3 is 1. The van der Waals surface area contributed by atoms with Crippen LogP contribution >= 0.6 is 11.6 Å². The molecule has 0 saturated heterocycles. The predicted octanol–water partition coefficient (Wildman–Crippen LogP) is 3.16. The van der Waals surface area contributed by atoms with E-state index < -0.39 is 9.71 Å². The highest BCUT2D eigenvalue weighted by molar-refractivity contribution is 8.01. The molecule has 2 unspecified atom stereocenters. The highest BCUT2D eigenvalue weighted by Crippen LogP contribution is 2.29. The van der Waals surface area contributed by atoms with Crippen molar-refractivity contribution in [2.24, 2.45) is 0 Å². The summed E-state index contributed by atoms with van der Waals surface area (Å²) in [7, 11) is -1.11. The van der Waals surface area contributed by atoms with E-state index in [0.717, 1.165) is 10.9 Å². The van der Waals surface area contributed by atoms with E-state index in [9.17, 15) is 4.21 Å². The molecular weight excluding hydrogens is 348 g/mol. The van der Waals surface area contributed by atoms with Crippen molar-refractivity contribution in [3.63, 3.8) is 0 Å². The monoisotopic (exact) mass is 366 g/mol. The number of benzene rings is 1. The number of anilines is 1. The Morgan fingerprint density at radius 3 is 3.08 bits per heavy atom. The molecule has 1 aromatic carbocycles. The first-order valence-electron chi connectivity index (χ1n) is 7.36. The summed E-state index contributed by atoms with van der Waals surface area (Å²) in [6.07, 6.45) is 5.00. The van der Waals surface area contributed by atoms with Gasteiger partial charge in [0.1, 0.15) is 0 Å².